The Morgan fingerprint density at radius 1 is 1.19 bits per heavy atom. The van der Waals surface area contributed by atoms with Crippen molar-refractivity contribution in [1.29, 1.82) is 5.41 Å². The highest BCUT2D eigenvalue weighted by Gasteiger charge is 2.25. The zero-order valence-electron chi connectivity index (χ0n) is 12.2. The summed E-state index contributed by atoms with van der Waals surface area (Å²) in [7, 11) is 4.61. The number of nitrogens with one attached hydrogen (secondary N) is 2. The van der Waals surface area contributed by atoms with Gasteiger partial charge in [0.25, 0.3) is 5.91 Å². The number of thioether (sulfide) groups is 1. The van der Waals surface area contributed by atoms with Crippen LogP contribution >= 0.6 is 11.8 Å². The van der Waals surface area contributed by atoms with E-state index in [9.17, 15) is 4.79 Å². The lowest BCUT2D eigenvalue weighted by atomic mass is 10.0. The van der Waals surface area contributed by atoms with E-state index in [-0.39, 0.29) is 11.1 Å². The predicted molar refractivity (Wildman–Crippen MR) is 82.3 cm³/mol. The van der Waals surface area contributed by atoms with Gasteiger partial charge in [0.15, 0.2) is 16.7 Å². The first-order valence-corrected chi connectivity index (χ1v) is 6.92. The van der Waals surface area contributed by atoms with E-state index < -0.39 is 0 Å². The Morgan fingerprint density at radius 2 is 1.86 bits per heavy atom. The smallest absolute Gasteiger partial charge is 0.264 e. The van der Waals surface area contributed by atoms with Crippen LogP contribution < -0.4 is 19.5 Å². The fourth-order valence-corrected chi connectivity index (χ4v) is 2.74. The Hall–Kier alpha value is -2.15. The molecule has 112 valence electrons. The molecule has 2 rings (SSSR count). The third-order valence-electron chi connectivity index (χ3n) is 3.01. The summed E-state index contributed by atoms with van der Waals surface area (Å²) in [5, 5.41) is 10.0. The molecule has 7 heteroatoms. The van der Waals surface area contributed by atoms with Gasteiger partial charge in [0.2, 0.25) is 5.75 Å². The number of amidine groups is 1. The lowest BCUT2D eigenvalue weighted by Crippen LogP contribution is -2.18. The van der Waals surface area contributed by atoms with Crippen molar-refractivity contribution in [3.05, 3.63) is 22.1 Å². The van der Waals surface area contributed by atoms with Gasteiger partial charge in [0.05, 0.1) is 26.2 Å². The molecule has 0 saturated carbocycles. The fraction of sp³-hybridized carbons (Fsp3) is 0.286. The fourth-order valence-electron chi connectivity index (χ4n) is 2.05. The number of aryl methyl sites for hydroxylation is 1. The lowest BCUT2D eigenvalue weighted by Gasteiger charge is -2.16. The molecule has 0 aliphatic carbocycles. The summed E-state index contributed by atoms with van der Waals surface area (Å²) in [5.74, 6) is 1.23. The number of amides is 1. The first-order valence-electron chi connectivity index (χ1n) is 6.10. The second-order valence-corrected chi connectivity index (χ2v) is 5.32. The van der Waals surface area contributed by atoms with Gasteiger partial charge < -0.3 is 19.5 Å². The van der Waals surface area contributed by atoms with Crippen LogP contribution in [0, 0.1) is 12.3 Å². The van der Waals surface area contributed by atoms with E-state index in [1.165, 1.54) is 14.2 Å². The van der Waals surface area contributed by atoms with Gasteiger partial charge in [-0.2, -0.15) is 0 Å². The van der Waals surface area contributed by atoms with E-state index >= 15 is 0 Å². The van der Waals surface area contributed by atoms with Crippen molar-refractivity contribution in [2.45, 2.75) is 6.92 Å². The summed E-state index contributed by atoms with van der Waals surface area (Å²) in [6, 6.07) is 1.82. The molecule has 0 aromatic heterocycles. The van der Waals surface area contributed by atoms with Gasteiger partial charge in [-0.1, -0.05) is 0 Å². The largest absolute Gasteiger partial charge is 0.493 e. The summed E-state index contributed by atoms with van der Waals surface area (Å²) < 4.78 is 16.0. The third kappa shape index (κ3) is 2.82. The van der Waals surface area contributed by atoms with E-state index in [1.54, 1.807) is 13.2 Å². The molecule has 1 saturated heterocycles. The molecule has 0 radical (unpaired) electrons. The summed E-state index contributed by atoms with van der Waals surface area (Å²) >= 11 is 1.08. The molecule has 0 spiro atoms. The predicted octanol–water partition coefficient (Wildman–Crippen LogP) is 2.16. The molecular weight excluding hydrogens is 292 g/mol. The number of methoxy groups -OCH3 is 3. The summed E-state index contributed by atoms with van der Waals surface area (Å²) in [5.41, 5.74) is 1.60. The van der Waals surface area contributed by atoms with E-state index in [1.807, 2.05) is 13.0 Å². The number of carbonyl (C=O) groups excluding carboxylic acids is 1. The topological polar surface area (TPSA) is 80.6 Å². The van der Waals surface area contributed by atoms with E-state index in [0.717, 1.165) is 22.9 Å². The molecule has 1 aliphatic rings. The van der Waals surface area contributed by atoms with Crippen molar-refractivity contribution in [3.63, 3.8) is 0 Å². The molecule has 0 unspecified atom stereocenters. The van der Waals surface area contributed by atoms with Gasteiger partial charge in [0, 0.05) is 5.56 Å². The van der Waals surface area contributed by atoms with E-state index in [4.69, 9.17) is 19.6 Å². The van der Waals surface area contributed by atoms with E-state index in [2.05, 4.69) is 5.32 Å². The molecule has 1 aromatic rings. The van der Waals surface area contributed by atoms with Crippen molar-refractivity contribution < 1.29 is 19.0 Å². The molecule has 1 aliphatic heterocycles. The number of hydrogen-bond donors (Lipinski definition) is 2. The molecule has 1 fully saturated rings. The third-order valence-corrected chi connectivity index (χ3v) is 3.84. The Kier molecular flexibility index (Phi) is 4.42. The molecule has 0 atom stereocenters. The second-order valence-electron chi connectivity index (χ2n) is 4.27. The minimum Gasteiger partial charge on any atom is -0.493 e. The van der Waals surface area contributed by atoms with Crippen LogP contribution in [0.4, 0.5) is 0 Å². The van der Waals surface area contributed by atoms with Crippen molar-refractivity contribution >= 4 is 28.9 Å². The summed E-state index contributed by atoms with van der Waals surface area (Å²) in [6.07, 6.45) is 1.69. The van der Waals surface area contributed by atoms with Crippen LogP contribution in [0.1, 0.15) is 11.1 Å². The summed E-state index contributed by atoms with van der Waals surface area (Å²) in [4.78, 5) is 12.2. The van der Waals surface area contributed by atoms with Gasteiger partial charge in [-0.05, 0) is 36.4 Å². The maximum absolute atomic E-state index is 11.7. The SMILES string of the molecule is COc1cc(C)c(C=C2SC(=N)NC2=O)c(OC)c1OC. The molecule has 21 heavy (non-hydrogen) atoms. The van der Waals surface area contributed by atoms with Crippen LogP contribution in [0.5, 0.6) is 17.2 Å². The Morgan fingerprint density at radius 3 is 2.33 bits per heavy atom. The van der Waals surface area contributed by atoms with Crippen LogP contribution in [-0.4, -0.2) is 32.4 Å². The number of rotatable bonds is 4. The number of hydrogen-bond acceptors (Lipinski definition) is 6. The summed E-state index contributed by atoms with van der Waals surface area (Å²) in [6.45, 7) is 1.89. The Bertz CT molecular complexity index is 640. The highest BCUT2D eigenvalue weighted by atomic mass is 32.2. The normalized spacial score (nSPS) is 16.1. The first-order chi connectivity index (χ1) is 10.0. The van der Waals surface area contributed by atoms with Crippen LogP contribution in [0.2, 0.25) is 0 Å². The van der Waals surface area contributed by atoms with Crippen LogP contribution in [0.15, 0.2) is 11.0 Å². The minimum absolute atomic E-state index is 0.114. The van der Waals surface area contributed by atoms with Crippen molar-refractivity contribution in [2.24, 2.45) is 0 Å². The van der Waals surface area contributed by atoms with Gasteiger partial charge in [0.1, 0.15) is 0 Å². The zero-order valence-corrected chi connectivity index (χ0v) is 13.0. The quantitative estimate of drug-likeness (QED) is 0.833. The van der Waals surface area contributed by atoms with Gasteiger partial charge in [-0.15, -0.1) is 0 Å². The molecule has 6 nitrogen and oxygen atoms in total. The Balaban J connectivity index is 2.61. The highest BCUT2D eigenvalue weighted by Crippen LogP contribution is 2.43. The molecule has 2 N–H and O–H groups in total. The van der Waals surface area contributed by atoms with Crippen molar-refractivity contribution in [2.75, 3.05) is 21.3 Å². The van der Waals surface area contributed by atoms with Crippen molar-refractivity contribution in [3.8, 4) is 17.2 Å². The number of carbonyl (C=O) groups is 1. The number of ether oxygens (including phenoxy) is 3. The van der Waals surface area contributed by atoms with Crippen LogP contribution in [-0.2, 0) is 4.79 Å². The molecule has 1 amide bonds. The van der Waals surface area contributed by atoms with Crippen LogP contribution in [0.25, 0.3) is 6.08 Å². The monoisotopic (exact) mass is 308 g/mol. The van der Waals surface area contributed by atoms with Gasteiger partial charge in [-0.3, -0.25) is 10.2 Å². The standard InChI is InChI=1S/C14H16N2O4S/c1-7-5-9(18-2)12(20-4)11(19-3)8(7)6-10-13(17)16-14(15)21-10/h5-6H,1-4H3,(H2,15,16,17). The Labute approximate surface area is 127 Å². The lowest BCUT2D eigenvalue weighted by molar-refractivity contribution is -0.115. The average molecular weight is 308 g/mol. The molecule has 1 heterocycles. The number of benzene rings is 1. The van der Waals surface area contributed by atoms with Gasteiger partial charge >= 0.3 is 0 Å². The minimum atomic E-state index is -0.291. The highest BCUT2D eigenvalue weighted by molar-refractivity contribution is 8.18. The van der Waals surface area contributed by atoms with E-state index in [0.29, 0.717) is 22.2 Å². The van der Waals surface area contributed by atoms with Crippen molar-refractivity contribution in [1.82, 2.24) is 5.32 Å². The molecule has 0 bridgehead atoms. The zero-order chi connectivity index (χ0) is 15.6. The average Bonchev–Trinajstić information content (AvgIpc) is 2.78. The molecule has 1 aromatic carbocycles. The van der Waals surface area contributed by atoms with Crippen LogP contribution in [0.3, 0.4) is 0 Å². The molecular formula is C14H16N2O4S. The maximum Gasteiger partial charge on any atom is 0.264 e. The van der Waals surface area contributed by atoms with Gasteiger partial charge in [-0.25, -0.2) is 0 Å². The second kappa shape index (κ2) is 6.09. The maximum atomic E-state index is 11.7. The first kappa shape index (κ1) is 15.2.